The summed E-state index contributed by atoms with van der Waals surface area (Å²) < 4.78 is 3.61. The van der Waals surface area contributed by atoms with E-state index in [9.17, 15) is 4.79 Å². The van der Waals surface area contributed by atoms with Crippen LogP contribution in [0.1, 0.15) is 16.8 Å². The van der Waals surface area contributed by atoms with Crippen molar-refractivity contribution in [1.82, 2.24) is 29.4 Å². The number of hydrogen-bond donors (Lipinski definition) is 0. The van der Waals surface area contributed by atoms with Crippen LogP contribution < -0.4 is 0 Å². The minimum absolute atomic E-state index is 0.0187. The molecular weight excluding hydrogens is 292 g/mol. The van der Waals surface area contributed by atoms with Gasteiger partial charge in [-0.05, 0) is 24.6 Å². The number of carbonyl (C=O) groups is 1. The summed E-state index contributed by atoms with van der Waals surface area (Å²) in [5, 5.41) is 11.8. The molecule has 0 fully saturated rings. The second kappa shape index (κ2) is 6.87. The number of aromatic nitrogens is 5. The predicted octanol–water partition coefficient (Wildman–Crippen LogP) is 1.63. The lowest BCUT2D eigenvalue weighted by Gasteiger charge is -2.19. The summed E-state index contributed by atoms with van der Waals surface area (Å²) in [5.41, 5.74) is 1.41. The van der Waals surface area contributed by atoms with Crippen molar-refractivity contribution >= 4 is 5.91 Å². The van der Waals surface area contributed by atoms with Crippen LogP contribution in [0.2, 0.25) is 0 Å². The average molecular weight is 310 g/mol. The molecule has 2 aromatic heterocycles. The van der Waals surface area contributed by atoms with E-state index in [0.717, 1.165) is 18.7 Å². The van der Waals surface area contributed by atoms with Crippen molar-refractivity contribution in [3.63, 3.8) is 0 Å². The molecular formula is C16H18N6O. The topological polar surface area (TPSA) is 68.8 Å². The predicted molar refractivity (Wildman–Crippen MR) is 85.2 cm³/mol. The molecule has 0 aliphatic rings. The summed E-state index contributed by atoms with van der Waals surface area (Å²) in [6.07, 6.45) is 7.69. The highest BCUT2D eigenvalue weighted by Gasteiger charge is 2.16. The number of carbonyl (C=O) groups excluding carboxylic acids is 1. The van der Waals surface area contributed by atoms with Gasteiger partial charge in [-0.2, -0.15) is 5.10 Å². The Hall–Kier alpha value is -2.96. The van der Waals surface area contributed by atoms with Gasteiger partial charge in [-0.1, -0.05) is 12.1 Å². The molecule has 0 saturated carbocycles. The highest BCUT2D eigenvalue weighted by Crippen LogP contribution is 2.15. The van der Waals surface area contributed by atoms with Crippen molar-refractivity contribution in [2.75, 3.05) is 13.6 Å². The molecule has 1 amide bonds. The minimum Gasteiger partial charge on any atom is -0.342 e. The molecule has 3 aromatic rings. The second-order valence-corrected chi connectivity index (χ2v) is 5.24. The minimum atomic E-state index is -0.0187. The van der Waals surface area contributed by atoms with E-state index in [2.05, 4.69) is 15.3 Å². The Morgan fingerprint density at radius 3 is 2.70 bits per heavy atom. The normalized spacial score (nSPS) is 10.7. The van der Waals surface area contributed by atoms with Gasteiger partial charge < -0.3 is 4.90 Å². The SMILES string of the molecule is CN(CCCn1cccn1)C(=O)c1ccccc1-n1cnnc1. The molecule has 0 aliphatic carbocycles. The molecule has 23 heavy (non-hydrogen) atoms. The van der Waals surface area contributed by atoms with Gasteiger partial charge in [0.25, 0.3) is 5.91 Å². The van der Waals surface area contributed by atoms with Crippen LogP contribution in [0.3, 0.4) is 0 Å². The lowest BCUT2D eigenvalue weighted by molar-refractivity contribution is 0.0791. The number of para-hydroxylation sites is 1. The highest BCUT2D eigenvalue weighted by molar-refractivity contribution is 5.97. The summed E-state index contributed by atoms with van der Waals surface area (Å²) >= 11 is 0. The van der Waals surface area contributed by atoms with E-state index in [-0.39, 0.29) is 5.91 Å². The van der Waals surface area contributed by atoms with Crippen molar-refractivity contribution < 1.29 is 4.79 Å². The maximum atomic E-state index is 12.7. The lowest BCUT2D eigenvalue weighted by Crippen LogP contribution is -2.29. The highest BCUT2D eigenvalue weighted by atomic mass is 16.2. The number of rotatable bonds is 6. The van der Waals surface area contributed by atoms with Crippen molar-refractivity contribution in [1.29, 1.82) is 0 Å². The van der Waals surface area contributed by atoms with Gasteiger partial charge in [-0.3, -0.25) is 14.0 Å². The molecule has 7 heteroatoms. The first-order valence-electron chi connectivity index (χ1n) is 7.42. The smallest absolute Gasteiger partial charge is 0.255 e. The molecule has 1 aromatic carbocycles. The number of benzene rings is 1. The first-order chi connectivity index (χ1) is 11.3. The molecule has 118 valence electrons. The summed E-state index contributed by atoms with van der Waals surface area (Å²) in [6.45, 7) is 1.45. The first kappa shape index (κ1) is 15.0. The number of amides is 1. The Bertz CT molecular complexity index is 751. The van der Waals surface area contributed by atoms with Crippen LogP contribution in [0.4, 0.5) is 0 Å². The molecule has 0 atom stereocenters. The largest absolute Gasteiger partial charge is 0.342 e. The van der Waals surface area contributed by atoms with E-state index in [4.69, 9.17) is 0 Å². The van der Waals surface area contributed by atoms with Crippen LogP contribution in [0.25, 0.3) is 5.69 Å². The van der Waals surface area contributed by atoms with Gasteiger partial charge >= 0.3 is 0 Å². The van der Waals surface area contributed by atoms with Gasteiger partial charge in [0.2, 0.25) is 0 Å². The summed E-state index contributed by atoms with van der Waals surface area (Å²) in [4.78, 5) is 14.4. The third-order valence-electron chi connectivity index (χ3n) is 3.62. The molecule has 2 heterocycles. The monoisotopic (exact) mass is 310 g/mol. The van der Waals surface area contributed by atoms with E-state index >= 15 is 0 Å². The van der Waals surface area contributed by atoms with Crippen molar-refractivity contribution in [3.05, 3.63) is 60.9 Å². The molecule has 0 aliphatic heterocycles. The molecule has 7 nitrogen and oxygen atoms in total. The molecule has 0 radical (unpaired) electrons. The van der Waals surface area contributed by atoms with Gasteiger partial charge in [0, 0.05) is 32.5 Å². The van der Waals surface area contributed by atoms with Gasteiger partial charge in [-0.15, -0.1) is 10.2 Å². The van der Waals surface area contributed by atoms with Crippen LogP contribution in [-0.4, -0.2) is 48.9 Å². The fraction of sp³-hybridized carbons (Fsp3) is 0.250. The number of nitrogens with zero attached hydrogens (tertiary/aromatic N) is 6. The Morgan fingerprint density at radius 1 is 1.17 bits per heavy atom. The molecule has 0 unspecified atom stereocenters. The van der Waals surface area contributed by atoms with Crippen LogP contribution >= 0.6 is 0 Å². The quantitative estimate of drug-likeness (QED) is 0.694. The first-order valence-corrected chi connectivity index (χ1v) is 7.42. The van der Waals surface area contributed by atoms with Crippen molar-refractivity contribution in [2.45, 2.75) is 13.0 Å². The Balaban J connectivity index is 1.68. The van der Waals surface area contributed by atoms with Gasteiger partial charge in [0.05, 0.1) is 11.3 Å². The molecule has 3 rings (SSSR count). The lowest BCUT2D eigenvalue weighted by atomic mass is 10.1. The van der Waals surface area contributed by atoms with Crippen molar-refractivity contribution in [2.24, 2.45) is 0 Å². The zero-order chi connectivity index (χ0) is 16.1. The Kier molecular flexibility index (Phi) is 4.46. The van der Waals surface area contributed by atoms with E-state index in [1.165, 1.54) is 0 Å². The van der Waals surface area contributed by atoms with Crippen LogP contribution in [-0.2, 0) is 6.54 Å². The standard InChI is InChI=1S/C16H18N6O/c1-20(9-5-11-22-10-4-8-19-22)16(23)14-6-2-3-7-15(14)21-12-17-18-13-21/h2-4,6-8,10,12-13H,5,9,11H2,1H3. The number of hydrogen-bond acceptors (Lipinski definition) is 4. The number of aryl methyl sites for hydroxylation is 1. The average Bonchev–Trinajstić information content (AvgIpc) is 3.27. The van der Waals surface area contributed by atoms with E-state index in [0.29, 0.717) is 12.1 Å². The van der Waals surface area contributed by atoms with E-state index in [1.807, 2.05) is 48.3 Å². The maximum absolute atomic E-state index is 12.7. The Labute approximate surface area is 134 Å². The van der Waals surface area contributed by atoms with Gasteiger partial charge in [-0.25, -0.2) is 0 Å². The van der Waals surface area contributed by atoms with Crippen LogP contribution in [0, 0.1) is 0 Å². The zero-order valence-electron chi connectivity index (χ0n) is 12.9. The van der Waals surface area contributed by atoms with Crippen LogP contribution in [0.5, 0.6) is 0 Å². The fourth-order valence-electron chi connectivity index (χ4n) is 2.41. The summed E-state index contributed by atoms with van der Waals surface area (Å²) in [6, 6.07) is 9.35. The van der Waals surface area contributed by atoms with E-state index in [1.54, 1.807) is 28.3 Å². The van der Waals surface area contributed by atoms with Crippen molar-refractivity contribution in [3.8, 4) is 5.69 Å². The van der Waals surface area contributed by atoms with Crippen LogP contribution in [0.15, 0.2) is 55.4 Å². The molecule has 0 bridgehead atoms. The zero-order valence-corrected chi connectivity index (χ0v) is 12.9. The van der Waals surface area contributed by atoms with E-state index < -0.39 is 0 Å². The van der Waals surface area contributed by atoms with Gasteiger partial charge in [0.15, 0.2) is 0 Å². The summed E-state index contributed by atoms with van der Waals surface area (Å²) in [7, 11) is 1.81. The van der Waals surface area contributed by atoms with Gasteiger partial charge in [0.1, 0.15) is 12.7 Å². The molecule has 0 spiro atoms. The Morgan fingerprint density at radius 2 is 1.96 bits per heavy atom. The third-order valence-corrected chi connectivity index (χ3v) is 3.62. The maximum Gasteiger partial charge on any atom is 0.255 e. The second-order valence-electron chi connectivity index (χ2n) is 5.24. The molecule has 0 saturated heterocycles. The third kappa shape index (κ3) is 3.45. The summed E-state index contributed by atoms with van der Waals surface area (Å²) in [5.74, 6) is -0.0187. The fourth-order valence-corrected chi connectivity index (χ4v) is 2.41. The molecule has 0 N–H and O–H groups in total.